The summed E-state index contributed by atoms with van der Waals surface area (Å²) in [4.78, 5) is 38.2. The first-order valence-electron chi connectivity index (χ1n) is 8.99. The molecule has 1 atom stereocenters. The fourth-order valence-electron chi connectivity index (χ4n) is 3.87. The Kier molecular flexibility index (Phi) is 4.37. The molecule has 0 radical (unpaired) electrons. The van der Waals surface area contributed by atoms with Crippen LogP contribution in [0.15, 0.2) is 23.1 Å². The number of benzene rings is 1. The number of Topliss-reactive ketones (excluding diaryl/α,β-unsaturated/α-hetero) is 2. The van der Waals surface area contributed by atoms with Crippen LogP contribution in [0.2, 0.25) is 0 Å². The molecule has 0 saturated carbocycles. The molecule has 1 aromatic rings. The fourth-order valence-corrected chi connectivity index (χ4v) is 3.87. The SMILES string of the molecule is CC(=O)c1c(O)c(C)c(O)c2c1OC1=CC(=O)/C(=C(/C)NC(C)C)C(=O)[C@@]12C. The maximum atomic E-state index is 13.5. The molecule has 0 spiro atoms. The van der Waals surface area contributed by atoms with E-state index in [1.54, 1.807) is 13.8 Å². The van der Waals surface area contributed by atoms with Crippen molar-refractivity contribution in [2.75, 3.05) is 0 Å². The van der Waals surface area contributed by atoms with Crippen molar-refractivity contribution in [1.82, 2.24) is 5.32 Å². The van der Waals surface area contributed by atoms with Gasteiger partial charge in [0, 0.05) is 23.4 Å². The zero-order valence-electron chi connectivity index (χ0n) is 16.7. The number of ketones is 3. The Morgan fingerprint density at radius 3 is 2.32 bits per heavy atom. The second-order valence-corrected chi connectivity index (χ2v) is 7.69. The monoisotopic (exact) mass is 385 g/mol. The fraction of sp³-hybridized carbons (Fsp3) is 0.381. The summed E-state index contributed by atoms with van der Waals surface area (Å²) in [6, 6.07) is 0.00954. The molecule has 1 aliphatic carbocycles. The highest BCUT2D eigenvalue weighted by Gasteiger charge is 2.56. The van der Waals surface area contributed by atoms with Gasteiger partial charge in [0.2, 0.25) is 0 Å². The maximum Gasteiger partial charge on any atom is 0.194 e. The van der Waals surface area contributed by atoms with Gasteiger partial charge in [0.05, 0.1) is 11.1 Å². The Bertz CT molecular complexity index is 1010. The first-order valence-corrected chi connectivity index (χ1v) is 8.99. The molecule has 0 aromatic heterocycles. The molecule has 1 aliphatic heterocycles. The predicted octanol–water partition coefficient (Wildman–Crippen LogP) is 2.57. The Labute approximate surface area is 162 Å². The Hall–Kier alpha value is -3.09. The summed E-state index contributed by atoms with van der Waals surface area (Å²) < 4.78 is 5.71. The van der Waals surface area contributed by atoms with Crippen molar-refractivity contribution >= 4 is 17.3 Å². The van der Waals surface area contributed by atoms with E-state index in [2.05, 4.69) is 5.32 Å². The number of carbonyl (C=O) groups is 3. The second kappa shape index (κ2) is 6.22. The normalized spacial score (nSPS) is 22.5. The van der Waals surface area contributed by atoms with Gasteiger partial charge in [-0.3, -0.25) is 14.4 Å². The molecule has 3 rings (SSSR count). The van der Waals surface area contributed by atoms with Gasteiger partial charge in [0.25, 0.3) is 0 Å². The zero-order valence-corrected chi connectivity index (χ0v) is 16.7. The van der Waals surface area contributed by atoms with Gasteiger partial charge in [-0.05, 0) is 41.5 Å². The van der Waals surface area contributed by atoms with Crippen LogP contribution in [0.4, 0.5) is 0 Å². The smallest absolute Gasteiger partial charge is 0.194 e. The second-order valence-electron chi connectivity index (χ2n) is 7.69. The molecule has 1 aromatic carbocycles. The van der Waals surface area contributed by atoms with Crippen LogP contribution in [0.5, 0.6) is 17.2 Å². The van der Waals surface area contributed by atoms with Gasteiger partial charge in [-0.15, -0.1) is 0 Å². The summed E-state index contributed by atoms with van der Waals surface area (Å²) >= 11 is 0. The number of fused-ring (bicyclic) bond motifs is 3. The maximum absolute atomic E-state index is 13.5. The van der Waals surface area contributed by atoms with Crippen LogP contribution in [0, 0.1) is 6.92 Å². The standard InChI is InChI=1S/C21H23NO6/c1-8(2)22-10(4)14-12(24)7-13-21(6,20(14)27)16-18(26)9(3)17(25)15(11(5)23)19(16)28-13/h7-8,22,25-26H,1-6H3/b14-10+/t21-/m0/s1. The molecule has 0 fully saturated rings. The number of phenolic OH excluding ortho intramolecular Hbond substituents is 2. The number of carbonyl (C=O) groups excluding carboxylic acids is 3. The quantitative estimate of drug-likeness (QED) is 0.416. The van der Waals surface area contributed by atoms with Crippen molar-refractivity contribution in [2.24, 2.45) is 0 Å². The average molecular weight is 385 g/mol. The molecular weight excluding hydrogens is 362 g/mol. The van der Waals surface area contributed by atoms with E-state index in [0.717, 1.165) is 0 Å². The number of aromatic hydroxyl groups is 2. The lowest BCUT2D eigenvalue weighted by Crippen LogP contribution is -2.41. The van der Waals surface area contributed by atoms with Crippen molar-refractivity contribution in [3.63, 3.8) is 0 Å². The van der Waals surface area contributed by atoms with E-state index >= 15 is 0 Å². The lowest BCUT2D eigenvalue weighted by molar-refractivity contribution is -0.123. The lowest BCUT2D eigenvalue weighted by Gasteiger charge is -2.29. The molecule has 0 amide bonds. The van der Waals surface area contributed by atoms with Crippen LogP contribution in [0.3, 0.4) is 0 Å². The Morgan fingerprint density at radius 1 is 1.18 bits per heavy atom. The van der Waals surface area contributed by atoms with Gasteiger partial charge in [-0.1, -0.05) is 0 Å². The van der Waals surface area contributed by atoms with Gasteiger partial charge in [0.15, 0.2) is 17.3 Å². The van der Waals surface area contributed by atoms with E-state index in [0.29, 0.717) is 5.70 Å². The molecule has 0 bridgehead atoms. The minimum Gasteiger partial charge on any atom is -0.507 e. The first-order chi connectivity index (χ1) is 12.9. The van der Waals surface area contributed by atoms with E-state index in [1.165, 1.54) is 19.9 Å². The molecule has 0 unspecified atom stereocenters. The van der Waals surface area contributed by atoms with Crippen LogP contribution in [0.25, 0.3) is 0 Å². The number of nitrogens with one attached hydrogen (secondary N) is 1. The summed E-state index contributed by atoms with van der Waals surface area (Å²) in [5.41, 5.74) is -1.04. The van der Waals surface area contributed by atoms with E-state index in [4.69, 9.17) is 4.74 Å². The van der Waals surface area contributed by atoms with E-state index in [9.17, 15) is 24.6 Å². The van der Waals surface area contributed by atoms with E-state index in [-0.39, 0.29) is 45.6 Å². The van der Waals surface area contributed by atoms with Crippen LogP contribution < -0.4 is 10.1 Å². The highest BCUT2D eigenvalue weighted by atomic mass is 16.5. The third-order valence-electron chi connectivity index (χ3n) is 5.26. The summed E-state index contributed by atoms with van der Waals surface area (Å²) in [5, 5.41) is 24.1. The van der Waals surface area contributed by atoms with Gasteiger partial charge >= 0.3 is 0 Å². The Balaban J connectivity index is 2.35. The van der Waals surface area contributed by atoms with Crippen molar-refractivity contribution in [1.29, 1.82) is 0 Å². The molecular formula is C21H23NO6. The predicted molar refractivity (Wildman–Crippen MR) is 102 cm³/mol. The van der Waals surface area contributed by atoms with Crippen molar-refractivity contribution in [2.45, 2.75) is 53.0 Å². The molecule has 3 N–H and O–H groups in total. The minimum atomic E-state index is -1.48. The van der Waals surface area contributed by atoms with Gasteiger partial charge < -0.3 is 20.3 Å². The van der Waals surface area contributed by atoms with Crippen LogP contribution in [0.1, 0.15) is 56.1 Å². The zero-order chi connectivity index (χ0) is 21.1. The molecule has 7 nitrogen and oxygen atoms in total. The third-order valence-corrected chi connectivity index (χ3v) is 5.26. The van der Waals surface area contributed by atoms with Crippen LogP contribution >= 0.6 is 0 Å². The van der Waals surface area contributed by atoms with E-state index < -0.39 is 28.5 Å². The number of allylic oxidation sites excluding steroid dienone is 4. The molecule has 0 saturated heterocycles. The van der Waals surface area contributed by atoms with Crippen LogP contribution in [-0.4, -0.2) is 33.6 Å². The molecule has 1 heterocycles. The van der Waals surface area contributed by atoms with Gasteiger partial charge in [-0.2, -0.15) is 0 Å². The number of hydrogen-bond donors (Lipinski definition) is 3. The van der Waals surface area contributed by atoms with Crippen LogP contribution in [-0.2, 0) is 15.0 Å². The minimum absolute atomic E-state index is 0.00954. The van der Waals surface area contributed by atoms with Crippen molar-refractivity contribution in [3.8, 4) is 17.2 Å². The van der Waals surface area contributed by atoms with Gasteiger partial charge in [0.1, 0.15) is 34.0 Å². The number of rotatable bonds is 3. The highest BCUT2D eigenvalue weighted by molar-refractivity contribution is 6.31. The Morgan fingerprint density at radius 2 is 1.79 bits per heavy atom. The van der Waals surface area contributed by atoms with Gasteiger partial charge in [-0.25, -0.2) is 0 Å². The summed E-state index contributed by atoms with van der Waals surface area (Å²) in [7, 11) is 0. The highest BCUT2D eigenvalue weighted by Crippen LogP contribution is 2.57. The molecule has 7 heteroatoms. The first kappa shape index (κ1) is 19.7. The number of ether oxygens (including phenoxy) is 1. The summed E-state index contributed by atoms with van der Waals surface area (Å²) in [6.45, 7) is 9.66. The summed E-state index contributed by atoms with van der Waals surface area (Å²) in [5.74, 6) is -2.32. The van der Waals surface area contributed by atoms with Crippen molar-refractivity contribution in [3.05, 3.63) is 39.8 Å². The topological polar surface area (TPSA) is 113 Å². The molecule has 28 heavy (non-hydrogen) atoms. The van der Waals surface area contributed by atoms with Crippen molar-refractivity contribution < 1.29 is 29.3 Å². The number of phenols is 2. The summed E-state index contributed by atoms with van der Waals surface area (Å²) in [6.07, 6.45) is 1.21. The largest absolute Gasteiger partial charge is 0.507 e. The lowest BCUT2D eigenvalue weighted by atomic mass is 9.70. The van der Waals surface area contributed by atoms with E-state index in [1.807, 2.05) is 13.8 Å². The molecule has 2 aliphatic rings. The number of hydrogen-bond acceptors (Lipinski definition) is 7. The third kappa shape index (κ3) is 2.46. The average Bonchev–Trinajstić information content (AvgIpc) is 2.85. The molecule has 148 valence electrons.